The molecule has 0 aliphatic heterocycles. The van der Waals surface area contributed by atoms with E-state index >= 15 is 0 Å². The van der Waals surface area contributed by atoms with E-state index in [1.54, 1.807) is 0 Å². The Bertz CT molecular complexity index is 1160. The van der Waals surface area contributed by atoms with Crippen molar-refractivity contribution in [3.05, 3.63) is 75.0 Å². The van der Waals surface area contributed by atoms with E-state index in [0.29, 0.717) is 13.0 Å². The van der Waals surface area contributed by atoms with Crippen molar-refractivity contribution in [1.82, 2.24) is 24.9 Å². The summed E-state index contributed by atoms with van der Waals surface area (Å²) in [5.41, 5.74) is -0.220. The molecular weight excluding hydrogens is 411 g/mol. The number of hydrogen-bond acceptors (Lipinski definition) is 4. The number of nitrogens with zero attached hydrogens (tertiary/aromatic N) is 4. The van der Waals surface area contributed by atoms with Gasteiger partial charge in [-0.15, -0.1) is 0 Å². The monoisotopic (exact) mass is 433 g/mol. The van der Waals surface area contributed by atoms with Crippen molar-refractivity contribution < 1.29 is 18.0 Å². The lowest BCUT2D eigenvalue weighted by Crippen LogP contribution is -2.33. The van der Waals surface area contributed by atoms with Crippen LogP contribution in [0.15, 0.2) is 41.2 Å². The lowest BCUT2D eigenvalue weighted by molar-refractivity contribution is -0.137. The number of nitrogens with one attached hydrogen (secondary N) is 1. The summed E-state index contributed by atoms with van der Waals surface area (Å²) < 4.78 is 43.0. The van der Waals surface area contributed by atoms with Crippen molar-refractivity contribution in [1.29, 1.82) is 0 Å². The van der Waals surface area contributed by atoms with Gasteiger partial charge >= 0.3 is 6.18 Å². The highest BCUT2D eigenvalue weighted by Gasteiger charge is 2.34. The van der Waals surface area contributed by atoms with Gasteiger partial charge in [-0.05, 0) is 45.4 Å². The van der Waals surface area contributed by atoms with Gasteiger partial charge in [0, 0.05) is 30.5 Å². The minimum Gasteiger partial charge on any atom is -0.350 e. The third-order valence-corrected chi connectivity index (χ3v) is 4.70. The van der Waals surface area contributed by atoms with Crippen LogP contribution < -0.4 is 10.7 Å². The number of hydrogen-bond donors (Lipinski definition) is 1. The fourth-order valence-corrected chi connectivity index (χ4v) is 3.26. The van der Waals surface area contributed by atoms with Crippen LogP contribution in [0.2, 0.25) is 0 Å². The molecule has 31 heavy (non-hydrogen) atoms. The Morgan fingerprint density at radius 2 is 1.77 bits per heavy atom. The van der Waals surface area contributed by atoms with Gasteiger partial charge in [-0.1, -0.05) is 12.1 Å². The molecule has 0 bridgehead atoms. The first-order valence-corrected chi connectivity index (χ1v) is 9.65. The third kappa shape index (κ3) is 5.01. The van der Waals surface area contributed by atoms with Crippen molar-refractivity contribution in [2.45, 2.75) is 39.9 Å². The number of benzene rings is 1. The first-order chi connectivity index (χ1) is 14.6. The van der Waals surface area contributed by atoms with Gasteiger partial charge in [0.15, 0.2) is 5.69 Å². The number of rotatable bonds is 6. The van der Waals surface area contributed by atoms with Crippen LogP contribution in [0, 0.1) is 20.8 Å². The number of aromatic nitrogens is 4. The maximum absolute atomic E-state index is 13.4. The molecule has 0 aliphatic carbocycles. The lowest BCUT2D eigenvalue weighted by Gasteiger charge is -2.16. The highest BCUT2D eigenvalue weighted by atomic mass is 19.4. The quantitative estimate of drug-likeness (QED) is 0.606. The Morgan fingerprint density at radius 1 is 1.06 bits per heavy atom. The zero-order chi connectivity index (χ0) is 22.8. The average Bonchev–Trinajstić information content (AvgIpc) is 3.01. The van der Waals surface area contributed by atoms with E-state index in [1.165, 1.54) is 25.1 Å². The zero-order valence-corrected chi connectivity index (χ0v) is 17.3. The zero-order valence-electron chi connectivity index (χ0n) is 17.3. The van der Waals surface area contributed by atoms with E-state index in [2.05, 4.69) is 15.5 Å². The van der Waals surface area contributed by atoms with E-state index in [1.807, 2.05) is 24.6 Å². The topological polar surface area (TPSA) is 81.8 Å². The number of alkyl halides is 3. The first-order valence-electron chi connectivity index (χ1n) is 9.65. The van der Waals surface area contributed by atoms with Crippen molar-refractivity contribution >= 4 is 5.91 Å². The van der Waals surface area contributed by atoms with Crippen LogP contribution in [0.25, 0.3) is 5.69 Å². The predicted molar refractivity (Wildman–Crippen MR) is 108 cm³/mol. The molecule has 0 saturated heterocycles. The van der Waals surface area contributed by atoms with Crippen LogP contribution in [0.1, 0.15) is 39.6 Å². The molecule has 0 fully saturated rings. The molecule has 0 saturated carbocycles. The number of amides is 1. The summed E-state index contributed by atoms with van der Waals surface area (Å²) in [5, 5.41) is 10.9. The van der Waals surface area contributed by atoms with Gasteiger partial charge in [-0.3, -0.25) is 14.3 Å². The highest BCUT2D eigenvalue weighted by Crippen LogP contribution is 2.33. The highest BCUT2D eigenvalue weighted by molar-refractivity contribution is 5.92. The summed E-state index contributed by atoms with van der Waals surface area (Å²) in [6.07, 6.45) is -4.05. The van der Waals surface area contributed by atoms with Crippen LogP contribution in [0.5, 0.6) is 0 Å². The maximum atomic E-state index is 13.4. The Kier molecular flexibility index (Phi) is 6.28. The molecule has 0 aliphatic rings. The minimum atomic E-state index is -4.61. The molecule has 0 spiro atoms. The van der Waals surface area contributed by atoms with Crippen LogP contribution in [0.4, 0.5) is 13.2 Å². The fraction of sp³-hybridized carbons (Fsp3) is 0.333. The van der Waals surface area contributed by atoms with Crippen molar-refractivity contribution in [3.8, 4) is 5.69 Å². The van der Waals surface area contributed by atoms with Gasteiger partial charge in [0.2, 0.25) is 5.43 Å². The van der Waals surface area contributed by atoms with Gasteiger partial charge in [0.1, 0.15) is 0 Å². The molecule has 164 valence electrons. The molecule has 3 rings (SSSR count). The molecule has 7 nitrogen and oxygen atoms in total. The number of halogens is 3. The Balaban J connectivity index is 1.79. The second-order valence-corrected chi connectivity index (χ2v) is 7.18. The Morgan fingerprint density at radius 3 is 2.42 bits per heavy atom. The van der Waals surface area contributed by atoms with Gasteiger partial charge in [0.05, 0.1) is 16.9 Å². The van der Waals surface area contributed by atoms with Crippen LogP contribution in [-0.2, 0) is 12.7 Å². The molecule has 0 radical (unpaired) electrons. The fourth-order valence-electron chi connectivity index (χ4n) is 3.26. The number of para-hydroxylation sites is 1. The summed E-state index contributed by atoms with van der Waals surface area (Å²) in [5.74, 6) is -0.739. The van der Waals surface area contributed by atoms with Gasteiger partial charge in [-0.25, -0.2) is 4.68 Å². The van der Waals surface area contributed by atoms with Gasteiger partial charge < -0.3 is 5.32 Å². The lowest BCUT2D eigenvalue weighted by atomic mass is 10.1. The number of carbonyl (C=O) groups is 1. The normalized spacial score (nSPS) is 11.5. The van der Waals surface area contributed by atoms with Crippen LogP contribution in [0.3, 0.4) is 0 Å². The summed E-state index contributed by atoms with van der Waals surface area (Å²) >= 11 is 0. The van der Waals surface area contributed by atoms with E-state index < -0.39 is 28.8 Å². The van der Waals surface area contributed by atoms with E-state index in [0.717, 1.165) is 28.2 Å². The van der Waals surface area contributed by atoms with Gasteiger partial charge in [0.25, 0.3) is 5.91 Å². The Hall–Kier alpha value is -3.43. The average molecular weight is 433 g/mol. The molecule has 2 aromatic heterocycles. The number of carbonyl (C=O) groups excluding carboxylic acids is 1. The summed E-state index contributed by atoms with van der Waals surface area (Å²) in [4.78, 5) is 24.8. The van der Waals surface area contributed by atoms with E-state index in [9.17, 15) is 22.8 Å². The molecule has 0 atom stereocenters. The van der Waals surface area contributed by atoms with Crippen molar-refractivity contribution in [2.24, 2.45) is 0 Å². The summed E-state index contributed by atoms with van der Waals surface area (Å²) in [7, 11) is 0. The molecule has 3 aromatic rings. The van der Waals surface area contributed by atoms with Crippen molar-refractivity contribution in [3.63, 3.8) is 0 Å². The molecule has 1 N–H and O–H groups in total. The summed E-state index contributed by atoms with van der Waals surface area (Å²) in [6, 6.07) is 7.90. The van der Waals surface area contributed by atoms with Gasteiger partial charge in [-0.2, -0.15) is 23.4 Å². The molecule has 10 heteroatoms. The maximum Gasteiger partial charge on any atom is 0.418 e. The number of aryl methyl sites for hydroxylation is 4. The largest absolute Gasteiger partial charge is 0.418 e. The minimum absolute atomic E-state index is 0.183. The molecule has 1 aromatic carbocycles. The van der Waals surface area contributed by atoms with Crippen LogP contribution in [-0.4, -0.2) is 32.0 Å². The molecular formula is C21H22F3N5O2. The molecule has 2 heterocycles. The first kappa shape index (κ1) is 22.3. The van der Waals surface area contributed by atoms with Crippen molar-refractivity contribution in [2.75, 3.05) is 6.54 Å². The summed E-state index contributed by atoms with van der Waals surface area (Å²) in [6.45, 7) is 6.10. The third-order valence-electron chi connectivity index (χ3n) is 4.70. The smallest absolute Gasteiger partial charge is 0.350 e. The molecule has 0 unspecified atom stereocenters. The molecule has 1 amide bonds. The van der Waals surface area contributed by atoms with E-state index in [-0.39, 0.29) is 17.9 Å². The SMILES string of the molecule is Cc1cc(C)n(CCCNC(=O)c2nn(-c3ccccc3C(F)(F)F)c(C)cc2=O)n1. The standard InChI is InChI=1S/C21H22F3N5O2/c1-13-11-14(2)28(26-13)10-6-9-25-20(31)19-18(30)12-15(3)29(27-19)17-8-5-4-7-16(17)21(22,23)24/h4-5,7-8,11-12H,6,9-10H2,1-3H3,(H,25,31). The second kappa shape index (κ2) is 8.75. The van der Waals surface area contributed by atoms with E-state index in [4.69, 9.17) is 0 Å². The second-order valence-electron chi connectivity index (χ2n) is 7.18. The predicted octanol–water partition coefficient (Wildman–Crippen LogP) is 3.19. The van der Waals surface area contributed by atoms with Crippen LogP contribution >= 0.6 is 0 Å². The Labute approximate surface area is 176 Å².